The Morgan fingerprint density at radius 1 is 1.28 bits per heavy atom. The molecule has 0 saturated carbocycles. The van der Waals surface area contributed by atoms with Gasteiger partial charge in [0, 0.05) is 30.1 Å². The minimum atomic E-state index is -5.08. The van der Waals surface area contributed by atoms with Crippen LogP contribution >= 0.6 is 0 Å². The fourth-order valence-corrected chi connectivity index (χ4v) is 3.02. The van der Waals surface area contributed by atoms with Gasteiger partial charge in [-0.3, -0.25) is 14.5 Å². The van der Waals surface area contributed by atoms with Crippen LogP contribution in [-0.2, 0) is 33.7 Å². The third kappa shape index (κ3) is 6.03. The Bertz CT molecular complexity index is 990. The van der Waals surface area contributed by atoms with Crippen LogP contribution in [0.3, 0.4) is 0 Å². The lowest BCUT2D eigenvalue weighted by Gasteiger charge is -2.14. The number of aromatic nitrogens is 3. The second kappa shape index (κ2) is 10.7. The van der Waals surface area contributed by atoms with E-state index in [4.69, 9.17) is 19.7 Å². The lowest BCUT2D eigenvalue weighted by molar-refractivity contribution is -0.192. The van der Waals surface area contributed by atoms with E-state index < -0.39 is 30.6 Å². The van der Waals surface area contributed by atoms with Crippen LogP contribution < -0.4 is 5.32 Å². The highest BCUT2D eigenvalue weighted by Gasteiger charge is 2.38. The number of esters is 1. The van der Waals surface area contributed by atoms with E-state index in [0.29, 0.717) is 18.7 Å². The molecule has 0 unspecified atom stereocenters. The molecular formula is C19H21F3N4O6. The summed E-state index contributed by atoms with van der Waals surface area (Å²) in [7, 11) is 0. The molecule has 10 nitrogen and oxygen atoms in total. The number of carbonyl (C=O) groups excluding carboxylic acids is 2. The van der Waals surface area contributed by atoms with E-state index >= 15 is 0 Å². The van der Waals surface area contributed by atoms with Crippen LogP contribution in [0.25, 0.3) is 11.3 Å². The van der Waals surface area contributed by atoms with Gasteiger partial charge in [-0.1, -0.05) is 0 Å². The van der Waals surface area contributed by atoms with E-state index in [2.05, 4.69) is 15.4 Å². The average Bonchev–Trinajstić information content (AvgIpc) is 3.12. The molecule has 2 heterocycles. The monoisotopic (exact) mass is 458 g/mol. The van der Waals surface area contributed by atoms with E-state index in [0.717, 1.165) is 28.8 Å². The molecule has 32 heavy (non-hydrogen) atoms. The van der Waals surface area contributed by atoms with E-state index in [1.54, 1.807) is 17.8 Å². The summed E-state index contributed by atoms with van der Waals surface area (Å²) in [5.41, 5.74) is 4.13. The van der Waals surface area contributed by atoms with E-state index in [1.807, 2.05) is 12.3 Å². The molecular weight excluding hydrogens is 437 g/mol. The zero-order chi connectivity index (χ0) is 23.9. The third-order valence-electron chi connectivity index (χ3n) is 4.35. The van der Waals surface area contributed by atoms with Gasteiger partial charge >= 0.3 is 18.1 Å². The maximum Gasteiger partial charge on any atom is 0.490 e. The number of fused-ring (bicyclic) bond motifs is 3. The van der Waals surface area contributed by atoms with Gasteiger partial charge in [-0.15, -0.1) is 0 Å². The van der Waals surface area contributed by atoms with Crippen LogP contribution in [0.2, 0.25) is 0 Å². The van der Waals surface area contributed by atoms with Gasteiger partial charge in [0.1, 0.15) is 12.3 Å². The Labute approximate surface area is 180 Å². The summed E-state index contributed by atoms with van der Waals surface area (Å²) >= 11 is 0. The van der Waals surface area contributed by atoms with E-state index in [-0.39, 0.29) is 13.2 Å². The first kappa shape index (κ1) is 24.8. The van der Waals surface area contributed by atoms with Crippen molar-refractivity contribution in [2.24, 2.45) is 0 Å². The molecule has 174 valence electrons. The van der Waals surface area contributed by atoms with E-state index in [1.165, 1.54) is 0 Å². The predicted molar refractivity (Wildman–Crippen MR) is 103 cm³/mol. The quantitative estimate of drug-likeness (QED) is 0.543. The molecule has 0 radical (unpaired) electrons. The number of nitrogens with one attached hydrogen (secondary N) is 1. The summed E-state index contributed by atoms with van der Waals surface area (Å²) in [6.45, 7) is 2.04. The molecule has 0 aromatic carbocycles. The Hall–Kier alpha value is -3.48. The number of hydrogen-bond donors (Lipinski definition) is 3. The maximum atomic E-state index is 12.4. The summed E-state index contributed by atoms with van der Waals surface area (Å²) in [4.78, 5) is 36.7. The Morgan fingerprint density at radius 3 is 2.56 bits per heavy atom. The highest BCUT2D eigenvalue weighted by atomic mass is 19.4. The molecule has 0 fully saturated rings. The summed E-state index contributed by atoms with van der Waals surface area (Å²) < 4.78 is 38.5. The molecule has 0 bridgehead atoms. The summed E-state index contributed by atoms with van der Waals surface area (Å²) in [5.74, 6) is -3.64. The molecule has 0 aliphatic heterocycles. The fourth-order valence-electron chi connectivity index (χ4n) is 3.02. The lowest BCUT2D eigenvalue weighted by Crippen LogP contribution is -2.30. The van der Waals surface area contributed by atoms with Crippen molar-refractivity contribution in [2.75, 3.05) is 19.8 Å². The second-order valence-electron chi connectivity index (χ2n) is 6.46. The van der Waals surface area contributed by atoms with Crippen molar-refractivity contribution in [3.8, 4) is 11.3 Å². The number of pyridine rings is 1. The topological polar surface area (TPSA) is 144 Å². The summed E-state index contributed by atoms with van der Waals surface area (Å²) in [6.07, 6.45) is -0.0814. The minimum absolute atomic E-state index is 0.259. The summed E-state index contributed by atoms with van der Waals surface area (Å²) in [6, 6.07) is 1.90. The zero-order valence-electron chi connectivity index (χ0n) is 17.0. The van der Waals surface area contributed by atoms with Gasteiger partial charge in [0.05, 0.1) is 18.8 Å². The third-order valence-corrected chi connectivity index (χ3v) is 4.35. The fraction of sp³-hybridized carbons (Fsp3) is 0.421. The molecule has 0 saturated heterocycles. The van der Waals surface area contributed by atoms with Crippen LogP contribution in [0.15, 0.2) is 18.5 Å². The Kier molecular flexibility index (Phi) is 8.29. The number of hydrogen-bond acceptors (Lipinski definition) is 7. The van der Waals surface area contributed by atoms with Gasteiger partial charge in [0.25, 0.3) is 0 Å². The van der Waals surface area contributed by atoms with Crippen molar-refractivity contribution in [1.29, 1.82) is 0 Å². The van der Waals surface area contributed by atoms with Crippen LogP contribution in [0.1, 0.15) is 28.5 Å². The number of aliphatic hydroxyl groups excluding tert-OH is 1. The lowest BCUT2D eigenvalue weighted by atomic mass is 9.90. The SMILES string of the molecule is CCOC(=O)c1c2c(nn1CCNC(=O)CO)-c1ccncc1CC2.O=C(O)C(F)(F)F. The highest BCUT2D eigenvalue weighted by molar-refractivity contribution is 5.92. The molecule has 3 rings (SSSR count). The Morgan fingerprint density at radius 2 is 1.97 bits per heavy atom. The molecule has 2 aromatic heterocycles. The van der Waals surface area contributed by atoms with Gasteiger partial charge < -0.3 is 20.3 Å². The van der Waals surface area contributed by atoms with Crippen molar-refractivity contribution >= 4 is 17.8 Å². The van der Waals surface area contributed by atoms with Gasteiger partial charge in [-0.05, 0) is 31.4 Å². The molecule has 0 spiro atoms. The van der Waals surface area contributed by atoms with Crippen LogP contribution in [0.5, 0.6) is 0 Å². The molecule has 3 N–H and O–H groups in total. The van der Waals surface area contributed by atoms with Crippen LogP contribution in [-0.4, -0.2) is 68.8 Å². The molecule has 0 atom stereocenters. The van der Waals surface area contributed by atoms with Gasteiger partial charge in [-0.2, -0.15) is 18.3 Å². The number of aliphatic carboxylic acids is 1. The number of amides is 1. The smallest absolute Gasteiger partial charge is 0.475 e. The normalized spacial score (nSPS) is 12.0. The summed E-state index contributed by atoms with van der Waals surface area (Å²) in [5, 5.41) is 23.1. The van der Waals surface area contributed by atoms with Crippen molar-refractivity contribution in [3.63, 3.8) is 0 Å². The second-order valence-corrected chi connectivity index (χ2v) is 6.46. The zero-order valence-corrected chi connectivity index (χ0v) is 17.0. The van der Waals surface area contributed by atoms with Gasteiger partial charge in [0.15, 0.2) is 0 Å². The first-order chi connectivity index (χ1) is 15.1. The molecule has 1 aliphatic carbocycles. The van der Waals surface area contributed by atoms with Gasteiger partial charge in [0.2, 0.25) is 5.91 Å². The number of carboxylic acid groups (broad SMARTS) is 1. The number of halogens is 3. The standard InChI is InChI=1S/C17H20N4O4.C2HF3O2/c1-2-25-17(24)16-13-4-3-11-9-18-6-5-12(11)15(13)20-21(16)8-7-19-14(23)10-22;3-2(4,5)1(6)7/h5-6,9,22H,2-4,7-8,10H2,1H3,(H,19,23);(H,6,7). The van der Waals surface area contributed by atoms with Gasteiger partial charge in [-0.25, -0.2) is 9.59 Å². The van der Waals surface area contributed by atoms with Crippen LogP contribution in [0, 0.1) is 0 Å². The largest absolute Gasteiger partial charge is 0.490 e. The van der Waals surface area contributed by atoms with Crippen molar-refractivity contribution in [1.82, 2.24) is 20.1 Å². The minimum Gasteiger partial charge on any atom is -0.475 e. The van der Waals surface area contributed by atoms with Crippen molar-refractivity contribution < 1.29 is 42.5 Å². The number of carboxylic acids is 1. The number of aryl methyl sites for hydroxylation is 1. The molecule has 1 amide bonds. The number of ether oxygens (including phenoxy) is 1. The molecule has 2 aromatic rings. The van der Waals surface area contributed by atoms with Crippen molar-refractivity contribution in [3.05, 3.63) is 35.3 Å². The van der Waals surface area contributed by atoms with Crippen LogP contribution in [0.4, 0.5) is 13.2 Å². The number of aliphatic hydroxyl groups is 1. The molecule has 13 heteroatoms. The Balaban J connectivity index is 0.000000451. The number of nitrogens with zero attached hydrogens (tertiary/aromatic N) is 3. The average molecular weight is 458 g/mol. The predicted octanol–water partition coefficient (Wildman–Crippen LogP) is 0.962. The first-order valence-electron chi connectivity index (χ1n) is 9.47. The first-order valence-corrected chi connectivity index (χ1v) is 9.47. The molecule has 1 aliphatic rings. The number of carbonyl (C=O) groups is 3. The number of rotatable bonds is 6. The maximum absolute atomic E-state index is 12.4. The highest BCUT2D eigenvalue weighted by Crippen LogP contribution is 2.34. The number of alkyl halides is 3. The van der Waals surface area contributed by atoms with Crippen molar-refractivity contribution in [2.45, 2.75) is 32.5 Å². The van der Waals surface area contributed by atoms with E-state index in [9.17, 15) is 22.8 Å².